The molecule has 1 rings (SSSR count). The molecule has 1 aliphatic heterocycles. The van der Waals surface area contributed by atoms with Gasteiger partial charge in [-0.2, -0.15) is 0 Å². The van der Waals surface area contributed by atoms with Crippen molar-refractivity contribution in [2.75, 3.05) is 6.54 Å². The van der Waals surface area contributed by atoms with E-state index < -0.39 is 24.3 Å². The molecular weight excluding hydrogens is 333 g/mol. The van der Waals surface area contributed by atoms with E-state index in [9.17, 15) is 9.59 Å². The zero-order valence-electron chi connectivity index (χ0n) is 17.0. The Hall–Kier alpha value is -1.86. The van der Waals surface area contributed by atoms with Gasteiger partial charge in [0, 0.05) is 12.1 Å². The van der Waals surface area contributed by atoms with Crippen molar-refractivity contribution in [1.82, 2.24) is 5.32 Å². The van der Waals surface area contributed by atoms with E-state index in [-0.39, 0.29) is 18.9 Å². The number of carbonyl (C=O) groups is 2. The predicted octanol–water partition coefficient (Wildman–Crippen LogP) is 3.29. The fourth-order valence-electron chi connectivity index (χ4n) is 1.95. The van der Waals surface area contributed by atoms with E-state index in [1.54, 1.807) is 12.2 Å². The Morgan fingerprint density at radius 2 is 1.62 bits per heavy atom. The number of amides is 1. The topological polar surface area (TPSA) is 84.9 Å². The SMILES string of the molecule is C=C/C(=C\C=C(/C)B1OC(C)(C)C(C)(C)O1)C(=O)NCCC(=O)O.CC. The van der Waals surface area contributed by atoms with Crippen molar-refractivity contribution < 1.29 is 24.0 Å². The van der Waals surface area contributed by atoms with Gasteiger partial charge in [-0.25, -0.2) is 0 Å². The van der Waals surface area contributed by atoms with Gasteiger partial charge in [0.15, 0.2) is 0 Å². The summed E-state index contributed by atoms with van der Waals surface area (Å²) in [5.74, 6) is -1.33. The smallest absolute Gasteiger partial charge is 0.481 e. The van der Waals surface area contributed by atoms with Crippen LogP contribution < -0.4 is 5.32 Å². The molecule has 1 aliphatic rings. The van der Waals surface area contributed by atoms with Crippen LogP contribution in [0.2, 0.25) is 0 Å². The number of rotatable bonds is 7. The van der Waals surface area contributed by atoms with Crippen molar-refractivity contribution in [2.24, 2.45) is 0 Å². The van der Waals surface area contributed by atoms with Crippen molar-refractivity contribution >= 4 is 19.0 Å². The van der Waals surface area contributed by atoms with E-state index in [2.05, 4.69) is 11.9 Å². The van der Waals surface area contributed by atoms with Gasteiger partial charge in [-0.05, 0) is 40.1 Å². The highest BCUT2D eigenvalue weighted by molar-refractivity contribution is 6.54. The molecule has 1 heterocycles. The van der Waals surface area contributed by atoms with Gasteiger partial charge in [0.1, 0.15) is 0 Å². The lowest BCUT2D eigenvalue weighted by molar-refractivity contribution is -0.136. The van der Waals surface area contributed by atoms with Gasteiger partial charge in [-0.1, -0.05) is 38.7 Å². The first-order chi connectivity index (χ1) is 12.0. The molecule has 0 aromatic heterocycles. The Kier molecular flexibility index (Phi) is 9.59. The normalized spacial score (nSPS) is 18.7. The Morgan fingerprint density at radius 1 is 1.12 bits per heavy atom. The first kappa shape index (κ1) is 24.1. The minimum atomic E-state index is -0.962. The van der Waals surface area contributed by atoms with E-state index in [4.69, 9.17) is 14.4 Å². The number of hydrogen-bond donors (Lipinski definition) is 2. The average molecular weight is 365 g/mol. The van der Waals surface area contributed by atoms with E-state index in [0.717, 1.165) is 5.47 Å². The van der Waals surface area contributed by atoms with Crippen LogP contribution in [0.25, 0.3) is 0 Å². The van der Waals surface area contributed by atoms with Crippen LogP contribution in [0.4, 0.5) is 0 Å². The number of carbonyl (C=O) groups excluding carboxylic acids is 1. The number of aliphatic carboxylic acids is 1. The Balaban J connectivity index is 0.00000301. The fraction of sp³-hybridized carbons (Fsp3) is 0.579. The summed E-state index contributed by atoms with van der Waals surface area (Å²) in [7, 11) is -0.479. The number of nitrogens with one attached hydrogen (secondary N) is 1. The second-order valence-corrected chi connectivity index (χ2v) is 6.72. The molecule has 6 nitrogen and oxygen atoms in total. The minimum Gasteiger partial charge on any atom is -0.481 e. The monoisotopic (exact) mass is 365 g/mol. The molecule has 0 aromatic carbocycles. The number of carboxylic acids is 1. The summed E-state index contributed by atoms with van der Waals surface area (Å²) in [6, 6.07) is 0. The first-order valence-corrected chi connectivity index (χ1v) is 8.86. The highest BCUT2D eigenvalue weighted by atomic mass is 16.7. The van der Waals surface area contributed by atoms with Gasteiger partial charge in [0.2, 0.25) is 0 Å². The van der Waals surface area contributed by atoms with Gasteiger partial charge in [0.05, 0.1) is 17.6 Å². The molecule has 0 spiro atoms. The molecule has 26 heavy (non-hydrogen) atoms. The van der Waals surface area contributed by atoms with Crippen LogP contribution in [-0.4, -0.2) is 41.8 Å². The summed E-state index contributed by atoms with van der Waals surface area (Å²) in [5.41, 5.74) is 0.320. The lowest BCUT2D eigenvalue weighted by Gasteiger charge is -2.32. The maximum absolute atomic E-state index is 12.0. The van der Waals surface area contributed by atoms with E-state index >= 15 is 0 Å². The van der Waals surface area contributed by atoms with Crippen molar-refractivity contribution in [2.45, 2.75) is 66.1 Å². The quantitative estimate of drug-likeness (QED) is 0.411. The molecule has 146 valence electrons. The summed E-state index contributed by atoms with van der Waals surface area (Å²) in [5, 5.41) is 11.1. The Bertz CT molecular complexity index is 562. The van der Waals surface area contributed by atoms with Crippen molar-refractivity contribution in [3.63, 3.8) is 0 Å². The lowest BCUT2D eigenvalue weighted by Crippen LogP contribution is -2.41. The number of allylic oxidation sites excluding steroid dienone is 3. The number of hydrogen-bond acceptors (Lipinski definition) is 4. The second kappa shape index (κ2) is 10.3. The molecule has 0 bridgehead atoms. The molecule has 0 aromatic rings. The third-order valence-electron chi connectivity index (χ3n) is 4.26. The molecule has 1 amide bonds. The minimum absolute atomic E-state index is 0.0687. The third-order valence-corrected chi connectivity index (χ3v) is 4.26. The average Bonchev–Trinajstić information content (AvgIpc) is 2.77. The van der Waals surface area contributed by atoms with Crippen LogP contribution in [0.15, 0.2) is 35.9 Å². The van der Waals surface area contributed by atoms with E-state index in [1.807, 2.05) is 48.5 Å². The molecule has 1 saturated heterocycles. The molecule has 2 N–H and O–H groups in total. The van der Waals surface area contributed by atoms with Crippen LogP contribution in [0.3, 0.4) is 0 Å². The largest absolute Gasteiger partial charge is 0.490 e. The third kappa shape index (κ3) is 6.80. The van der Waals surface area contributed by atoms with Crippen LogP contribution in [-0.2, 0) is 18.9 Å². The number of carboxylic acid groups (broad SMARTS) is 1. The molecule has 0 aliphatic carbocycles. The van der Waals surface area contributed by atoms with Crippen LogP contribution in [0, 0.1) is 0 Å². The summed E-state index contributed by atoms with van der Waals surface area (Å²) in [4.78, 5) is 22.4. The summed E-state index contributed by atoms with van der Waals surface area (Å²) < 4.78 is 11.9. The summed E-state index contributed by atoms with van der Waals surface area (Å²) in [6.07, 6.45) is 4.66. The molecule has 0 atom stereocenters. The Morgan fingerprint density at radius 3 is 2.04 bits per heavy atom. The predicted molar refractivity (Wildman–Crippen MR) is 105 cm³/mol. The molecular formula is C19H32BNO5. The Labute approximate surface area is 157 Å². The van der Waals surface area contributed by atoms with Crippen LogP contribution in [0.1, 0.15) is 54.9 Å². The van der Waals surface area contributed by atoms with Crippen molar-refractivity contribution in [1.29, 1.82) is 0 Å². The maximum Gasteiger partial charge on any atom is 0.490 e. The standard InChI is InChI=1S/C17H26BNO5.C2H6/c1-7-13(15(22)19-11-10-14(20)21)9-8-12(2)18-23-16(3,4)17(5,6)24-18;1-2/h7-9H,1,10-11H2,2-6H3,(H,19,22)(H,20,21);1-2H3/b12-8+,13-9+;. The summed E-state index contributed by atoms with van der Waals surface area (Å²) >= 11 is 0. The highest BCUT2D eigenvalue weighted by Crippen LogP contribution is 2.38. The van der Waals surface area contributed by atoms with Gasteiger partial charge in [0.25, 0.3) is 5.91 Å². The fourth-order valence-corrected chi connectivity index (χ4v) is 1.95. The molecule has 1 fully saturated rings. The van der Waals surface area contributed by atoms with Gasteiger partial charge in [-0.15, -0.1) is 0 Å². The van der Waals surface area contributed by atoms with E-state index in [0.29, 0.717) is 5.57 Å². The second-order valence-electron chi connectivity index (χ2n) is 6.72. The lowest BCUT2D eigenvalue weighted by atomic mass is 9.79. The zero-order valence-corrected chi connectivity index (χ0v) is 17.0. The molecule has 0 saturated carbocycles. The zero-order chi connectivity index (χ0) is 20.5. The molecule has 0 radical (unpaired) electrons. The first-order valence-electron chi connectivity index (χ1n) is 8.86. The van der Waals surface area contributed by atoms with Gasteiger partial charge >= 0.3 is 13.1 Å². The van der Waals surface area contributed by atoms with Crippen LogP contribution in [0.5, 0.6) is 0 Å². The van der Waals surface area contributed by atoms with Gasteiger partial charge < -0.3 is 19.7 Å². The molecule has 7 heteroatoms. The highest BCUT2D eigenvalue weighted by Gasteiger charge is 2.51. The summed E-state index contributed by atoms with van der Waals surface area (Å²) in [6.45, 7) is 17.4. The molecule has 0 unspecified atom stereocenters. The van der Waals surface area contributed by atoms with Gasteiger partial charge in [-0.3, -0.25) is 9.59 Å². The van der Waals surface area contributed by atoms with Crippen LogP contribution >= 0.6 is 0 Å². The van der Waals surface area contributed by atoms with Crippen molar-refractivity contribution in [3.8, 4) is 0 Å². The van der Waals surface area contributed by atoms with E-state index in [1.165, 1.54) is 6.08 Å². The maximum atomic E-state index is 12.0. The van der Waals surface area contributed by atoms with Crippen molar-refractivity contribution in [3.05, 3.63) is 35.9 Å².